The van der Waals surface area contributed by atoms with Gasteiger partial charge < -0.3 is 28.8 Å². The first-order chi connectivity index (χ1) is 42.2. The van der Waals surface area contributed by atoms with Crippen LogP contribution < -0.4 is 25.1 Å². The minimum absolute atomic E-state index is 0.0159. The molecular formula is C62H77ClN6O18P2. The number of nitro groups is 2. The second-order valence-corrected chi connectivity index (χ2v) is 24.7. The monoisotopic (exact) mass is 1290 g/mol. The number of esters is 4. The van der Waals surface area contributed by atoms with Gasteiger partial charge in [0.05, 0.1) is 34.3 Å². The van der Waals surface area contributed by atoms with Crippen LogP contribution in [0.1, 0.15) is 77.6 Å². The quantitative estimate of drug-likeness (QED) is 0.00498. The van der Waals surface area contributed by atoms with E-state index in [1.165, 1.54) is 48.5 Å². The van der Waals surface area contributed by atoms with Gasteiger partial charge in [-0.1, -0.05) is 133 Å². The van der Waals surface area contributed by atoms with Crippen LogP contribution in [0.4, 0.5) is 11.4 Å². The molecule has 0 aromatic heterocycles. The smallest absolute Gasteiger partial charge is 0.345 e. The second kappa shape index (κ2) is 37.8. The highest BCUT2D eigenvalue weighted by atomic mass is 35.5. The molecular weight excluding hydrogens is 1210 g/mol. The Kier molecular flexibility index (Phi) is 31.3. The Bertz CT molecular complexity index is 3080. The Morgan fingerprint density at radius 1 is 0.438 bits per heavy atom. The van der Waals surface area contributed by atoms with Crippen LogP contribution in [0, 0.1) is 20.2 Å². The number of nitrogens with one attached hydrogen (secondary N) is 4. The molecule has 0 radical (unpaired) electrons. The minimum Gasteiger partial charge on any atom is -0.508 e. The number of nitrogens with zero attached hydrogens (tertiary/aromatic N) is 2. The van der Waals surface area contributed by atoms with Gasteiger partial charge in [-0.15, -0.1) is 0 Å². The molecule has 0 aliphatic rings. The molecule has 89 heavy (non-hydrogen) atoms. The summed E-state index contributed by atoms with van der Waals surface area (Å²) in [6, 6.07) is 42.1. The fourth-order valence-electron chi connectivity index (χ4n) is 7.90. The Morgan fingerprint density at radius 3 is 0.944 bits per heavy atom. The van der Waals surface area contributed by atoms with Crippen LogP contribution in [-0.4, -0.2) is 100 Å². The van der Waals surface area contributed by atoms with E-state index in [1.807, 2.05) is 121 Å². The van der Waals surface area contributed by atoms with Gasteiger partial charge in [0, 0.05) is 24.3 Å². The number of hydrogen-bond acceptors (Lipinski definition) is 18. The van der Waals surface area contributed by atoms with Crippen LogP contribution >= 0.6 is 26.9 Å². The van der Waals surface area contributed by atoms with E-state index in [4.69, 9.17) is 49.4 Å². The maximum absolute atomic E-state index is 14.5. The van der Waals surface area contributed by atoms with Gasteiger partial charge in [-0.2, -0.15) is 0 Å². The molecule has 5 N–H and O–H groups in total. The SMILES string of the molecule is CC(C)OC(=O)[C@H](Cc1ccccc1)NP(=O)(N[C@@H](Cc1ccccc1)C(=O)OC(C)C)OCCl.CC(C)OC(=O)[C@H](Cc1ccccc1)NP(=O)(N[C@@H](Cc1ccccc1)C(=O)OC(C)C)OCOc1ccc([N+](=O)[O-])cc1.O=[N+]([O-])c1ccc(O)cc1. The van der Waals surface area contributed by atoms with Gasteiger partial charge in [0.25, 0.3) is 11.4 Å². The molecule has 0 unspecified atom stereocenters. The van der Waals surface area contributed by atoms with Crippen molar-refractivity contribution in [2.24, 2.45) is 0 Å². The summed E-state index contributed by atoms with van der Waals surface area (Å²) in [7, 11) is -8.33. The average molecular weight is 1290 g/mol. The zero-order valence-electron chi connectivity index (χ0n) is 50.6. The first kappa shape index (κ1) is 73.6. The Morgan fingerprint density at radius 2 is 0.697 bits per heavy atom. The zero-order valence-corrected chi connectivity index (χ0v) is 53.1. The summed E-state index contributed by atoms with van der Waals surface area (Å²) in [6.07, 6.45) is -1.09. The van der Waals surface area contributed by atoms with Gasteiger partial charge in [-0.25, -0.2) is 20.3 Å². The fourth-order valence-corrected chi connectivity index (χ4v) is 11.5. The summed E-state index contributed by atoms with van der Waals surface area (Å²) >= 11 is 5.79. The Balaban J connectivity index is 0.000000334. The molecule has 0 aliphatic carbocycles. The topological polar surface area (TPSA) is 322 Å². The van der Waals surface area contributed by atoms with Crippen molar-refractivity contribution in [3.63, 3.8) is 0 Å². The van der Waals surface area contributed by atoms with Gasteiger partial charge in [-0.05, 0) is 128 Å². The zero-order chi connectivity index (χ0) is 65.5. The number of aromatic hydroxyl groups is 1. The number of rotatable bonds is 32. The molecule has 27 heteroatoms. The molecule has 6 aromatic rings. The number of alkyl halides is 1. The van der Waals surface area contributed by atoms with Crippen molar-refractivity contribution in [3.05, 3.63) is 212 Å². The lowest BCUT2D eigenvalue weighted by atomic mass is 10.1. The van der Waals surface area contributed by atoms with Gasteiger partial charge in [0.2, 0.25) is 0 Å². The maximum atomic E-state index is 14.5. The van der Waals surface area contributed by atoms with E-state index in [9.17, 15) is 48.5 Å². The lowest BCUT2D eigenvalue weighted by Gasteiger charge is -2.29. The highest BCUT2D eigenvalue weighted by Crippen LogP contribution is 2.42. The molecule has 0 saturated heterocycles. The fraction of sp³-hybridized carbons (Fsp3) is 0.355. The van der Waals surface area contributed by atoms with E-state index in [0.717, 1.165) is 22.3 Å². The van der Waals surface area contributed by atoms with E-state index in [1.54, 1.807) is 55.4 Å². The van der Waals surface area contributed by atoms with Crippen molar-refractivity contribution in [2.75, 3.05) is 12.9 Å². The normalized spacial score (nSPS) is 12.7. The Hall–Kier alpha value is -7.89. The lowest BCUT2D eigenvalue weighted by molar-refractivity contribution is -0.385. The molecule has 0 aliphatic heterocycles. The van der Waals surface area contributed by atoms with E-state index >= 15 is 0 Å². The predicted molar refractivity (Wildman–Crippen MR) is 335 cm³/mol. The van der Waals surface area contributed by atoms with E-state index < -0.39 is 98.3 Å². The number of phenols is 1. The second-order valence-electron chi connectivity index (χ2n) is 20.7. The molecule has 24 nitrogen and oxygen atoms in total. The average Bonchev–Trinajstić information content (AvgIpc) is 2.08. The van der Waals surface area contributed by atoms with Crippen LogP contribution in [0.5, 0.6) is 11.5 Å². The van der Waals surface area contributed by atoms with Crippen LogP contribution in [0.25, 0.3) is 0 Å². The largest absolute Gasteiger partial charge is 0.508 e. The third-order valence-electron chi connectivity index (χ3n) is 11.8. The number of halogens is 1. The summed E-state index contributed by atoms with van der Waals surface area (Å²) in [5.74, 6) is -2.31. The van der Waals surface area contributed by atoms with Crippen molar-refractivity contribution in [1.29, 1.82) is 0 Å². The summed E-state index contributed by atoms with van der Waals surface area (Å²) in [5, 5.41) is 40.8. The number of ether oxygens (including phenoxy) is 5. The first-order valence-corrected chi connectivity index (χ1v) is 32.0. The van der Waals surface area contributed by atoms with E-state index in [0.29, 0.717) is 0 Å². The number of hydrogen-bond donors (Lipinski definition) is 5. The van der Waals surface area contributed by atoms with Gasteiger partial charge in [-0.3, -0.25) is 57.6 Å². The molecule has 0 saturated carbocycles. The van der Waals surface area contributed by atoms with Gasteiger partial charge >= 0.3 is 39.2 Å². The van der Waals surface area contributed by atoms with Crippen molar-refractivity contribution >= 4 is 62.2 Å². The molecule has 480 valence electrons. The van der Waals surface area contributed by atoms with Crippen molar-refractivity contribution in [3.8, 4) is 11.5 Å². The van der Waals surface area contributed by atoms with E-state index in [-0.39, 0.29) is 60.8 Å². The van der Waals surface area contributed by atoms with Gasteiger partial charge in [0.1, 0.15) is 41.7 Å². The molecule has 0 fully saturated rings. The van der Waals surface area contributed by atoms with Gasteiger partial charge in [0.15, 0.2) is 6.79 Å². The molecule has 0 spiro atoms. The number of non-ortho nitro benzene ring substituents is 2. The molecule has 0 heterocycles. The molecule has 6 aromatic carbocycles. The number of carbonyl (C=O) groups excluding carboxylic acids is 4. The Labute approximate surface area is 522 Å². The van der Waals surface area contributed by atoms with Crippen LogP contribution in [0.15, 0.2) is 170 Å². The number of nitro benzene ring substituents is 2. The first-order valence-electron chi connectivity index (χ1n) is 28.2. The highest BCUT2D eigenvalue weighted by Gasteiger charge is 2.39. The van der Waals surface area contributed by atoms with Crippen molar-refractivity contribution in [2.45, 2.75) is 130 Å². The summed E-state index contributed by atoms with van der Waals surface area (Å²) in [4.78, 5) is 72.1. The molecule has 0 amide bonds. The predicted octanol–water partition coefficient (Wildman–Crippen LogP) is 11.3. The number of phenolic OH excluding ortho intramolecular Hbond substituents is 1. The molecule has 6 rings (SSSR count). The highest BCUT2D eigenvalue weighted by molar-refractivity contribution is 7.55. The maximum Gasteiger partial charge on any atom is 0.345 e. The third kappa shape index (κ3) is 28.4. The van der Waals surface area contributed by atoms with Crippen LogP contribution in [0.2, 0.25) is 0 Å². The summed E-state index contributed by atoms with van der Waals surface area (Å²) < 4.78 is 66.6. The molecule has 0 bridgehead atoms. The third-order valence-corrected chi connectivity index (χ3v) is 15.6. The van der Waals surface area contributed by atoms with Crippen LogP contribution in [-0.2, 0) is 82.0 Å². The minimum atomic E-state index is -4.30. The van der Waals surface area contributed by atoms with Crippen molar-refractivity contribution < 1.29 is 76.0 Å². The van der Waals surface area contributed by atoms with Crippen LogP contribution in [0.3, 0.4) is 0 Å². The summed E-state index contributed by atoms with van der Waals surface area (Å²) in [6.45, 7) is 13.1. The lowest BCUT2D eigenvalue weighted by Crippen LogP contribution is -2.47. The summed E-state index contributed by atoms with van der Waals surface area (Å²) in [5.41, 5.74) is 3.02. The number of carbonyl (C=O) groups is 4. The standard InChI is InChI=1S/C31H38N3O9P.C25H34ClN2O6P.C6H5NO3/c1-22(2)42-30(35)28(19-24-11-7-5-8-12-24)32-44(39,41-21-40-27-17-15-26(16-18-27)34(37)38)33-29(31(36)43-23(3)4)20-25-13-9-6-10-14-25;1-18(2)33-24(29)22(15-20-11-7-5-8-12-20)27-35(31,32-17-26)28-23(25(30)34-19(3)4)16-21-13-9-6-10-14-21;8-6-3-1-5(2-4-6)7(9)10/h5-18,22-23,28-29H,19-21H2,1-4H3,(H2,32,33,39);5-14,18-19,22-23H,15-17H2,1-4H3,(H2,27,28,31);1-4,8H/t28-,29-;22-,23-;/m00./s1. The van der Waals surface area contributed by atoms with E-state index in [2.05, 4.69) is 20.3 Å². The molecule has 4 atom stereocenters. The van der Waals surface area contributed by atoms with Crippen molar-refractivity contribution in [1.82, 2.24) is 20.3 Å². The number of benzene rings is 6.